The van der Waals surface area contributed by atoms with Crippen LogP contribution in [0, 0.1) is 5.82 Å². The number of hydrogen-bond acceptors (Lipinski definition) is 2. The Kier molecular flexibility index (Phi) is 3.59. The van der Waals surface area contributed by atoms with Crippen molar-refractivity contribution in [3.63, 3.8) is 0 Å². The normalized spacial score (nSPS) is 11.1. The Bertz CT molecular complexity index is 349. The summed E-state index contributed by atoms with van der Waals surface area (Å²) in [4.78, 5) is 11.0. The lowest BCUT2D eigenvalue weighted by molar-refractivity contribution is -0.133. The quantitative estimate of drug-likeness (QED) is 0.439. The highest BCUT2D eigenvalue weighted by atomic mass is 35.6. The van der Waals surface area contributed by atoms with E-state index >= 15 is 0 Å². The van der Waals surface area contributed by atoms with Gasteiger partial charge >= 0.3 is 5.97 Å². The van der Waals surface area contributed by atoms with Gasteiger partial charge in [0.2, 0.25) is 0 Å². The van der Waals surface area contributed by atoms with Crippen molar-refractivity contribution in [2.24, 2.45) is 0 Å². The Morgan fingerprint density at radius 3 is 2.50 bits per heavy atom. The van der Waals surface area contributed by atoms with Crippen molar-refractivity contribution in [1.29, 1.82) is 0 Å². The van der Waals surface area contributed by atoms with E-state index in [1.54, 1.807) is 0 Å². The minimum atomic E-state index is -2.16. The number of alkyl halides is 3. The van der Waals surface area contributed by atoms with E-state index in [2.05, 4.69) is 4.74 Å². The molecule has 0 aliphatic heterocycles. The van der Waals surface area contributed by atoms with E-state index in [0.717, 1.165) is 6.07 Å². The van der Waals surface area contributed by atoms with Gasteiger partial charge in [0.05, 0.1) is 0 Å². The van der Waals surface area contributed by atoms with Gasteiger partial charge < -0.3 is 4.74 Å². The van der Waals surface area contributed by atoms with Crippen LogP contribution < -0.4 is 4.74 Å². The molecule has 1 aromatic carbocycles. The molecular formula is C8H4Cl3FO2. The number of ether oxygens (including phenoxy) is 1. The maximum Gasteiger partial charge on any atom is 0.363 e. The molecule has 1 rings (SSSR count). The van der Waals surface area contributed by atoms with Gasteiger partial charge in [0.15, 0.2) is 0 Å². The van der Waals surface area contributed by atoms with Gasteiger partial charge in [-0.25, -0.2) is 9.18 Å². The predicted octanol–water partition coefficient (Wildman–Crippen LogP) is 3.10. The summed E-state index contributed by atoms with van der Waals surface area (Å²) in [6.45, 7) is 0. The lowest BCUT2D eigenvalue weighted by Gasteiger charge is -2.09. The van der Waals surface area contributed by atoms with E-state index in [4.69, 9.17) is 34.8 Å². The fourth-order valence-electron chi connectivity index (χ4n) is 0.695. The summed E-state index contributed by atoms with van der Waals surface area (Å²) >= 11 is 15.7. The van der Waals surface area contributed by atoms with E-state index in [0.29, 0.717) is 0 Å². The minimum absolute atomic E-state index is 0.0127. The van der Waals surface area contributed by atoms with Crippen molar-refractivity contribution in [2.75, 3.05) is 0 Å². The van der Waals surface area contributed by atoms with Crippen LogP contribution in [-0.2, 0) is 4.79 Å². The molecule has 0 spiro atoms. The van der Waals surface area contributed by atoms with Crippen LogP contribution in [0.2, 0.25) is 0 Å². The molecule has 0 N–H and O–H groups in total. The molecule has 0 heterocycles. The summed E-state index contributed by atoms with van der Waals surface area (Å²) in [5.41, 5.74) is 0. The Hall–Kier alpha value is -0.510. The van der Waals surface area contributed by atoms with Crippen LogP contribution in [0.25, 0.3) is 0 Å². The molecule has 0 atom stereocenters. The van der Waals surface area contributed by atoms with Crippen molar-refractivity contribution in [1.82, 2.24) is 0 Å². The first kappa shape index (κ1) is 11.6. The number of hydrogen-bond donors (Lipinski definition) is 0. The third-order valence-electron chi connectivity index (χ3n) is 1.24. The second kappa shape index (κ2) is 4.34. The number of rotatable bonds is 1. The third-order valence-corrected chi connectivity index (χ3v) is 1.70. The zero-order valence-corrected chi connectivity index (χ0v) is 8.91. The first-order valence-electron chi connectivity index (χ1n) is 3.44. The minimum Gasteiger partial charge on any atom is -0.423 e. The van der Waals surface area contributed by atoms with E-state index in [1.165, 1.54) is 18.2 Å². The first-order valence-corrected chi connectivity index (χ1v) is 4.57. The van der Waals surface area contributed by atoms with E-state index in [1.807, 2.05) is 0 Å². The highest BCUT2D eigenvalue weighted by Gasteiger charge is 2.33. The Morgan fingerprint density at radius 1 is 1.36 bits per heavy atom. The molecule has 0 aliphatic rings. The van der Waals surface area contributed by atoms with Gasteiger partial charge in [0.25, 0.3) is 3.79 Å². The summed E-state index contributed by atoms with van der Waals surface area (Å²) in [7, 11) is 0. The molecule has 14 heavy (non-hydrogen) atoms. The predicted molar refractivity (Wildman–Crippen MR) is 52.3 cm³/mol. The van der Waals surface area contributed by atoms with E-state index in [-0.39, 0.29) is 5.75 Å². The number of benzene rings is 1. The van der Waals surface area contributed by atoms with Crippen LogP contribution in [0.5, 0.6) is 5.75 Å². The van der Waals surface area contributed by atoms with Gasteiger partial charge in [-0.3, -0.25) is 0 Å². The SMILES string of the molecule is O=C(Oc1cccc(F)c1)C(Cl)(Cl)Cl. The summed E-state index contributed by atoms with van der Waals surface area (Å²) in [6.07, 6.45) is 0. The molecule has 0 saturated carbocycles. The zero-order chi connectivity index (χ0) is 10.8. The largest absolute Gasteiger partial charge is 0.423 e. The number of carbonyl (C=O) groups is 1. The molecule has 0 unspecified atom stereocenters. The highest BCUT2D eigenvalue weighted by molar-refractivity contribution is 6.75. The standard InChI is InChI=1S/C8H4Cl3FO2/c9-8(10,11)7(13)14-6-3-1-2-5(12)4-6/h1-4H. The lowest BCUT2D eigenvalue weighted by Crippen LogP contribution is -2.24. The molecular weight excluding hydrogens is 253 g/mol. The van der Waals surface area contributed by atoms with Crippen molar-refractivity contribution >= 4 is 40.8 Å². The van der Waals surface area contributed by atoms with Crippen LogP contribution in [0.3, 0.4) is 0 Å². The van der Waals surface area contributed by atoms with Crippen LogP contribution in [0.4, 0.5) is 4.39 Å². The molecule has 0 radical (unpaired) electrons. The molecule has 0 amide bonds. The Labute approximate surface area is 94.5 Å². The van der Waals surface area contributed by atoms with Crippen molar-refractivity contribution in [3.05, 3.63) is 30.1 Å². The van der Waals surface area contributed by atoms with Gasteiger partial charge in [-0.15, -0.1) is 0 Å². The van der Waals surface area contributed by atoms with E-state index in [9.17, 15) is 9.18 Å². The van der Waals surface area contributed by atoms with Crippen LogP contribution in [0.15, 0.2) is 24.3 Å². The van der Waals surface area contributed by atoms with E-state index < -0.39 is 15.6 Å². The highest BCUT2D eigenvalue weighted by Crippen LogP contribution is 2.28. The maximum absolute atomic E-state index is 12.6. The van der Waals surface area contributed by atoms with Crippen LogP contribution >= 0.6 is 34.8 Å². The second-order valence-corrected chi connectivity index (χ2v) is 4.63. The molecule has 6 heteroatoms. The number of esters is 1. The zero-order valence-electron chi connectivity index (χ0n) is 6.64. The Morgan fingerprint density at radius 2 is 2.00 bits per heavy atom. The van der Waals surface area contributed by atoms with Gasteiger partial charge in [0.1, 0.15) is 11.6 Å². The Balaban J connectivity index is 2.75. The fraction of sp³-hybridized carbons (Fsp3) is 0.125. The summed E-state index contributed by atoms with van der Waals surface area (Å²) in [5, 5.41) is 0. The van der Waals surface area contributed by atoms with Gasteiger partial charge in [-0.1, -0.05) is 40.9 Å². The molecule has 0 aliphatic carbocycles. The second-order valence-electron chi connectivity index (χ2n) is 2.34. The fourth-order valence-corrected chi connectivity index (χ4v) is 0.811. The maximum atomic E-state index is 12.6. The topological polar surface area (TPSA) is 26.3 Å². The molecule has 0 saturated heterocycles. The molecule has 2 nitrogen and oxygen atoms in total. The summed E-state index contributed by atoms with van der Waals surface area (Å²) in [6, 6.07) is 4.95. The average molecular weight is 257 g/mol. The third kappa shape index (κ3) is 3.33. The lowest BCUT2D eigenvalue weighted by atomic mass is 10.3. The molecule has 0 bridgehead atoms. The van der Waals surface area contributed by atoms with Crippen LogP contribution in [-0.4, -0.2) is 9.76 Å². The average Bonchev–Trinajstić information content (AvgIpc) is 2.02. The monoisotopic (exact) mass is 256 g/mol. The van der Waals surface area contributed by atoms with Crippen molar-refractivity contribution < 1.29 is 13.9 Å². The van der Waals surface area contributed by atoms with Crippen molar-refractivity contribution in [3.8, 4) is 5.75 Å². The summed E-state index contributed by atoms with van der Waals surface area (Å²) in [5.74, 6) is -1.63. The molecule has 0 fully saturated rings. The number of halogens is 4. The van der Waals surface area contributed by atoms with Gasteiger partial charge in [0, 0.05) is 6.07 Å². The first-order chi connectivity index (χ1) is 6.39. The smallest absolute Gasteiger partial charge is 0.363 e. The van der Waals surface area contributed by atoms with Crippen molar-refractivity contribution in [2.45, 2.75) is 3.79 Å². The molecule has 76 valence electrons. The molecule has 1 aromatic rings. The van der Waals surface area contributed by atoms with Gasteiger partial charge in [-0.2, -0.15) is 0 Å². The van der Waals surface area contributed by atoms with Gasteiger partial charge in [-0.05, 0) is 12.1 Å². The number of carbonyl (C=O) groups excluding carboxylic acids is 1. The molecule has 0 aromatic heterocycles. The summed E-state index contributed by atoms with van der Waals surface area (Å²) < 4.78 is 15.0. The van der Waals surface area contributed by atoms with Crippen LogP contribution in [0.1, 0.15) is 0 Å².